The number of terminal acetylenes is 1. The molecule has 0 saturated carbocycles. The van der Waals surface area contributed by atoms with Crippen LogP contribution >= 0.6 is 0 Å². The second-order valence-corrected chi connectivity index (χ2v) is 3.25. The minimum Gasteiger partial charge on any atom is -0.507 e. The molecule has 0 aliphatic rings. The van der Waals surface area contributed by atoms with Crippen molar-refractivity contribution in [2.24, 2.45) is 0 Å². The van der Waals surface area contributed by atoms with Gasteiger partial charge in [-0.2, -0.15) is 0 Å². The summed E-state index contributed by atoms with van der Waals surface area (Å²) >= 11 is 0. The van der Waals surface area contributed by atoms with E-state index in [4.69, 9.17) is 11.2 Å². The highest BCUT2D eigenvalue weighted by Gasteiger charge is 2.15. The number of methoxy groups -OCH3 is 1. The number of aromatic hydroxyl groups is 1. The van der Waals surface area contributed by atoms with Crippen molar-refractivity contribution in [2.45, 2.75) is 0 Å². The number of phenols is 1. The number of hydrogen-bond acceptors (Lipinski definition) is 3. The van der Waals surface area contributed by atoms with Gasteiger partial charge in [-0.3, -0.25) is 4.79 Å². The van der Waals surface area contributed by atoms with Crippen molar-refractivity contribution in [1.82, 2.24) is 4.90 Å². The zero-order valence-corrected chi connectivity index (χ0v) is 9.23. The van der Waals surface area contributed by atoms with Crippen molar-refractivity contribution in [3.05, 3.63) is 23.8 Å². The lowest BCUT2D eigenvalue weighted by atomic mass is 10.1. The molecule has 0 heterocycles. The van der Waals surface area contributed by atoms with E-state index < -0.39 is 0 Å². The Morgan fingerprint density at radius 2 is 2.31 bits per heavy atom. The largest absolute Gasteiger partial charge is 0.507 e. The summed E-state index contributed by atoms with van der Waals surface area (Å²) in [6, 6.07) is 4.47. The molecule has 1 aromatic carbocycles. The van der Waals surface area contributed by atoms with Gasteiger partial charge in [0.2, 0.25) is 0 Å². The van der Waals surface area contributed by atoms with Crippen LogP contribution in [-0.4, -0.2) is 36.6 Å². The topological polar surface area (TPSA) is 49.8 Å². The molecule has 16 heavy (non-hydrogen) atoms. The van der Waals surface area contributed by atoms with Gasteiger partial charge < -0.3 is 14.7 Å². The van der Waals surface area contributed by atoms with Crippen LogP contribution < -0.4 is 4.74 Å². The minimum atomic E-state index is -0.339. The van der Waals surface area contributed by atoms with Crippen molar-refractivity contribution < 1.29 is 14.6 Å². The first-order chi connectivity index (χ1) is 7.60. The molecule has 0 aromatic heterocycles. The average Bonchev–Trinajstić information content (AvgIpc) is 2.29. The van der Waals surface area contributed by atoms with Crippen LogP contribution in [0.2, 0.25) is 0 Å². The number of benzene rings is 1. The Balaban J connectivity index is 3.03. The number of nitrogens with zero attached hydrogens (tertiary/aromatic N) is 1. The van der Waals surface area contributed by atoms with Gasteiger partial charge >= 0.3 is 0 Å². The summed E-state index contributed by atoms with van der Waals surface area (Å²) in [5, 5.41) is 9.56. The summed E-state index contributed by atoms with van der Waals surface area (Å²) < 4.78 is 4.98. The fourth-order valence-corrected chi connectivity index (χ4v) is 1.23. The van der Waals surface area contributed by atoms with Crippen molar-refractivity contribution >= 4 is 5.91 Å². The Kier molecular flexibility index (Phi) is 3.78. The number of hydrogen-bond donors (Lipinski definition) is 1. The maximum Gasteiger partial charge on any atom is 0.258 e. The molecule has 0 saturated heterocycles. The zero-order chi connectivity index (χ0) is 12.1. The van der Waals surface area contributed by atoms with E-state index in [9.17, 15) is 9.90 Å². The third-order valence-corrected chi connectivity index (χ3v) is 2.11. The van der Waals surface area contributed by atoms with Crippen LogP contribution in [0.25, 0.3) is 0 Å². The Morgan fingerprint density at radius 3 is 2.88 bits per heavy atom. The first kappa shape index (κ1) is 11.9. The van der Waals surface area contributed by atoms with E-state index in [0.717, 1.165) is 0 Å². The minimum absolute atomic E-state index is 0.0883. The third kappa shape index (κ3) is 2.45. The summed E-state index contributed by atoms with van der Waals surface area (Å²) in [6.07, 6.45) is 5.11. The van der Waals surface area contributed by atoms with Crippen LogP contribution in [-0.2, 0) is 0 Å². The predicted octanol–water partition coefficient (Wildman–Crippen LogP) is 1.11. The first-order valence-corrected chi connectivity index (χ1v) is 4.66. The number of rotatable bonds is 3. The molecule has 0 atom stereocenters. The number of carbonyl (C=O) groups is 1. The van der Waals surface area contributed by atoms with Gasteiger partial charge in [0, 0.05) is 7.05 Å². The van der Waals surface area contributed by atoms with E-state index in [-0.39, 0.29) is 23.8 Å². The lowest BCUT2D eigenvalue weighted by molar-refractivity contribution is 0.0809. The fourth-order valence-electron chi connectivity index (χ4n) is 1.23. The predicted molar refractivity (Wildman–Crippen MR) is 60.5 cm³/mol. The van der Waals surface area contributed by atoms with E-state index >= 15 is 0 Å². The maximum atomic E-state index is 11.8. The Labute approximate surface area is 94.4 Å². The molecular formula is C12H13NO3. The maximum absolute atomic E-state index is 11.8. The number of amides is 1. The molecule has 1 aromatic rings. The SMILES string of the molecule is C#CCN(C)C(=O)c1cc(OC)ccc1O. The van der Waals surface area contributed by atoms with Crippen LogP contribution in [0.15, 0.2) is 18.2 Å². The lowest BCUT2D eigenvalue weighted by Gasteiger charge is -2.15. The monoisotopic (exact) mass is 219 g/mol. The second-order valence-electron chi connectivity index (χ2n) is 3.25. The van der Waals surface area contributed by atoms with E-state index in [0.29, 0.717) is 5.75 Å². The van der Waals surface area contributed by atoms with Crippen LogP contribution in [0.1, 0.15) is 10.4 Å². The number of phenolic OH excluding ortho intramolecular Hbond substituents is 1. The smallest absolute Gasteiger partial charge is 0.258 e. The van der Waals surface area contributed by atoms with Gasteiger partial charge in [0.05, 0.1) is 19.2 Å². The molecule has 0 fully saturated rings. The summed E-state index contributed by atoms with van der Waals surface area (Å²) in [6.45, 7) is 0.190. The van der Waals surface area contributed by atoms with Crippen LogP contribution in [0, 0.1) is 12.3 Å². The molecule has 4 heteroatoms. The first-order valence-electron chi connectivity index (χ1n) is 4.66. The number of ether oxygens (including phenoxy) is 1. The lowest BCUT2D eigenvalue weighted by Crippen LogP contribution is -2.27. The highest BCUT2D eigenvalue weighted by atomic mass is 16.5. The van der Waals surface area contributed by atoms with E-state index in [1.165, 1.54) is 24.1 Å². The molecule has 0 aliphatic carbocycles. The van der Waals surface area contributed by atoms with Crippen molar-refractivity contribution in [3.8, 4) is 23.8 Å². The summed E-state index contributed by atoms with van der Waals surface area (Å²) in [7, 11) is 3.06. The molecule has 0 bridgehead atoms. The van der Waals surface area contributed by atoms with Crippen molar-refractivity contribution in [3.63, 3.8) is 0 Å². The van der Waals surface area contributed by atoms with Crippen LogP contribution in [0.4, 0.5) is 0 Å². The Bertz CT molecular complexity index is 434. The Morgan fingerprint density at radius 1 is 1.62 bits per heavy atom. The molecule has 1 rings (SSSR count). The standard InChI is InChI=1S/C12H13NO3/c1-4-7-13(2)12(15)10-8-9(16-3)5-6-11(10)14/h1,5-6,8,14H,7H2,2-3H3. The number of carbonyl (C=O) groups excluding carboxylic acids is 1. The molecule has 1 N–H and O–H groups in total. The van der Waals surface area contributed by atoms with Crippen LogP contribution in [0.3, 0.4) is 0 Å². The molecule has 0 radical (unpaired) electrons. The summed E-state index contributed by atoms with van der Waals surface area (Å²) in [4.78, 5) is 13.2. The van der Waals surface area contributed by atoms with Gasteiger partial charge in [-0.05, 0) is 18.2 Å². The van der Waals surface area contributed by atoms with Gasteiger partial charge in [0.15, 0.2) is 0 Å². The van der Waals surface area contributed by atoms with Gasteiger partial charge in [0.25, 0.3) is 5.91 Å². The van der Waals surface area contributed by atoms with Crippen molar-refractivity contribution in [1.29, 1.82) is 0 Å². The molecule has 0 aliphatic heterocycles. The fraction of sp³-hybridized carbons (Fsp3) is 0.250. The van der Waals surface area contributed by atoms with Gasteiger partial charge in [-0.15, -0.1) is 6.42 Å². The second kappa shape index (κ2) is 5.08. The molecule has 84 valence electrons. The van der Waals surface area contributed by atoms with Gasteiger partial charge in [-0.25, -0.2) is 0 Å². The zero-order valence-electron chi connectivity index (χ0n) is 9.23. The molecular weight excluding hydrogens is 206 g/mol. The van der Waals surface area contributed by atoms with Gasteiger partial charge in [0.1, 0.15) is 11.5 Å². The normalized spacial score (nSPS) is 9.31. The highest BCUT2D eigenvalue weighted by molar-refractivity contribution is 5.97. The third-order valence-electron chi connectivity index (χ3n) is 2.11. The molecule has 0 unspecified atom stereocenters. The summed E-state index contributed by atoms with van der Waals surface area (Å²) in [5.74, 6) is 2.44. The van der Waals surface area contributed by atoms with Crippen molar-refractivity contribution in [2.75, 3.05) is 20.7 Å². The van der Waals surface area contributed by atoms with Crippen LogP contribution in [0.5, 0.6) is 11.5 Å². The van der Waals surface area contributed by atoms with E-state index in [1.54, 1.807) is 13.1 Å². The average molecular weight is 219 g/mol. The summed E-state index contributed by atoms with van der Waals surface area (Å²) in [5.41, 5.74) is 0.178. The van der Waals surface area contributed by atoms with Gasteiger partial charge in [-0.1, -0.05) is 5.92 Å². The molecule has 1 amide bonds. The molecule has 4 nitrogen and oxygen atoms in total. The highest BCUT2D eigenvalue weighted by Crippen LogP contribution is 2.23. The van der Waals surface area contributed by atoms with E-state index in [2.05, 4.69) is 5.92 Å². The van der Waals surface area contributed by atoms with E-state index in [1.807, 2.05) is 0 Å². The molecule has 0 spiro atoms. The Hall–Kier alpha value is -2.15. The quantitative estimate of drug-likeness (QED) is 0.775.